The first-order valence-corrected chi connectivity index (χ1v) is 8.20. The van der Waals surface area contributed by atoms with Gasteiger partial charge in [-0.3, -0.25) is 4.79 Å². The van der Waals surface area contributed by atoms with Gasteiger partial charge in [-0.25, -0.2) is 0 Å². The van der Waals surface area contributed by atoms with Gasteiger partial charge in [-0.2, -0.15) is 0 Å². The van der Waals surface area contributed by atoms with Crippen molar-refractivity contribution in [1.29, 1.82) is 0 Å². The van der Waals surface area contributed by atoms with Crippen LogP contribution in [0.25, 0.3) is 0 Å². The molecule has 3 heteroatoms. The van der Waals surface area contributed by atoms with Crippen molar-refractivity contribution in [2.45, 2.75) is 20.1 Å². The number of aldehydes is 1. The van der Waals surface area contributed by atoms with E-state index in [1.807, 2.05) is 73.7 Å². The van der Waals surface area contributed by atoms with E-state index in [0.29, 0.717) is 30.3 Å². The zero-order chi connectivity index (χ0) is 17.5. The molecule has 0 radical (unpaired) electrons. The second kappa shape index (κ2) is 8.15. The summed E-state index contributed by atoms with van der Waals surface area (Å²) in [5, 5.41) is 0. The highest BCUT2D eigenvalue weighted by molar-refractivity contribution is 5.81. The van der Waals surface area contributed by atoms with Crippen molar-refractivity contribution in [2.24, 2.45) is 0 Å². The minimum atomic E-state index is 0.382. The summed E-state index contributed by atoms with van der Waals surface area (Å²) < 4.78 is 12.0. The Morgan fingerprint density at radius 2 is 1.24 bits per heavy atom. The van der Waals surface area contributed by atoms with Crippen molar-refractivity contribution in [2.75, 3.05) is 0 Å². The highest BCUT2D eigenvalue weighted by Gasteiger charge is 2.14. The lowest BCUT2D eigenvalue weighted by molar-refractivity contribution is 0.111. The highest BCUT2D eigenvalue weighted by Crippen LogP contribution is 2.35. The van der Waals surface area contributed by atoms with Crippen LogP contribution in [0.1, 0.15) is 27.0 Å². The van der Waals surface area contributed by atoms with Crippen LogP contribution in [-0.2, 0) is 13.2 Å². The summed E-state index contributed by atoms with van der Waals surface area (Å²) in [6.45, 7) is 2.75. The average Bonchev–Trinajstić information content (AvgIpc) is 2.67. The molecule has 0 fully saturated rings. The molecule has 0 aliphatic carbocycles. The highest BCUT2D eigenvalue weighted by atomic mass is 16.5. The first kappa shape index (κ1) is 16.8. The number of ether oxygens (including phenoxy) is 2. The van der Waals surface area contributed by atoms with Gasteiger partial charge in [0.15, 0.2) is 17.8 Å². The van der Waals surface area contributed by atoms with E-state index in [4.69, 9.17) is 9.47 Å². The van der Waals surface area contributed by atoms with E-state index >= 15 is 0 Å². The molecule has 0 aliphatic heterocycles. The molecule has 126 valence electrons. The van der Waals surface area contributed by atoms with E-state index in [1.54, 1.807) is 6.07 Å². The summed E-state index contributed by atoms with van der Waals surface area (Å²) in [6, 6.07) is 23.4. The van der Waals surface area contributed by atoms with Crippen LogP contribution in [0.3, 0.4) is 0 Å². The average molecular weight is 332 g/mol. The SMILES string of the molecule is Cc1ccc(C=O)c(OCc2ccccc2)c1OCc1ccccc1. The van der Waals surface area contributed by atoms with Gasteiger partial charge in [-0.05, 0) is 29.7 Å². The largest absolute Gasteiger partial charge is 0.485 e. The number of aryl methyl sites for hydroxylation is 1. The lowest BCUT2D eigenvalue weighted by Gasteiger charge is -2.17. The number of carbonyl (C=O) groups excluding carboxylic acids is 1. The van der Waals surface area contributed by atoms with E-state index in [9.17, 15) is 4.79 Å². The fourth-order valence-electron chi connectivity index (χ4n) is 2.56. The maximum atomic E-state index is 11.4. The third-order valence-electron chi connectivity index (χ3n) is 3.92. The van der Waals surface area contributed by atoms with Crippen LogP contribution in [0.5, 0.6) is 11.5 Å². The van der Waals surface area contributed by atoms with Crippen molar-refractivity contribution in [3.63, 3.8) is 0 Å². The predicted molar refractivity (Wildman–Crippen MR) is 98.1 cm³/mol. The van der Waals surface area contributed by atoms with Crippen molar-refractivity contribution in [1.82, 2.24) is 0 Å². The van der Waals surface area contributed by atoms with Crippen LogP contribution in [0.4, 0.5) is 0 Å². The molecule has 0 aliphatic rings. The van der Waals surface area contributed by atoms with Crippen molar-refractivity contribution in [3.05, 3.63) is 95.1 Å². The minimum absolute atomic E-state index is 0.382. The summed E-state index contributed by atoms with van der Waals surface area (Å²) in [5.74, 6) is 1.11. The number of rotatable bonds is 7. The standard InChI is InChI=1S/C22H20O3/c1-17-12-13-20(14-23)22(25-16-19-10-6-3-7-11-19)21(17)24-15-18-8-4-2-5-9-18/h2-14H,15-16H2,1H3. The minimum Gasteiger partial charge on any atom is -0.485 e. The van der Waals surface area contributed by atoms with Gasteiger partial charge in [0.1, 0.15) is 13.2 Å². The Morgan fingerprint density at radius 3 is 1.76 bits per heavy atom. The molecule has 0 aromatic heterocycles. The number of carbonyl (C=O) groups is 1. The summed E-state index contributed by atoms with van der Waals surface area (Å²) >= 11 is 0. The molecular weight excluding hydrogens is 312 g/mol. The summed E-state index contributed by atoms with van der Waals surface area (Å²) in [4.78, 5) is 11.4. The van der Waals surface area contributed by atoms with Crippen LogP contribution in [-0.4, -0.2) is 6.29 Å². The first-order valence-electron chi connectivity index (χ1n) is 8.20. The smallest absolute Gasteiger partial charge is 0.172 e. The quantitative estimate of drug-likeness (QED) is 0.573. The first-order chi connectivity index (χ1) is 12.3. The zero-order valence-electron chi connectivity index (χ0n) is 14.1. The Bertz CT molecular complexity index is 827. The molecule has 0 spiro atoms. The van der Waals surface area contributed by atoms with Crippen LogP contribution >= 0.6 is 0 Å². The van der Waals surface area contributed by atoms with Gasteiger partial charge in [0.2, 0.25) is 0 Å². The normalized spacial score (nSPS) is 10.3. The molecule has 0 N–H and O–H groups in total. The molecule has 0 amide bonds. The van der Waals surface area contributed by atoms with Crippen LogP contribution in [0.15, 0.2) is 72.8 Å². The van der Waals surface area contributed by atoms with Gasteiger partial charge < -0.3 is 9.47 Å². The lowest BCUT2D eigenvalue weighted by atomic mass is 10.1. The molecular formula is C22H20O3. The van der Waals surface area contributed by atoms with Crippen molar-refractivity contribution < 1.29 is 14.3 Å². The third kappa shape index (κ3) is 4.27. The molecule has 0 saturated carbocycles. The fourth-order valence-corrected chi connectivity index (χ4v) is 2.56. The Morgan fingerprint density at radius 1 is 0.720 bits per heavy atom. The maximum Gasteiger partial charge on any atom is 0.172 e. The van der Waals surface area contributed by atoms with Crippen molar-refractivity contribution >= 4 is 6.29 Å². The van der Waals surface area contributed by atoms with Gasteiger partial charge in [0.25, 0.3) is 0 Å². The van der Waals surface area contributed by atoms with E-state index in [0.717, 1.165) is 23.0 Å². The molecule has 3 rings (SSSR count). The zero-order valence-corrected chi connectivity index (χ0v) is 14.1. The lowest BCUT2D eigenvalue weighted by Crippen LogP contribution is -2.04. The third-order valence-corrected chi connectivity index (χ3v) is 3.92. The maximum absolute atomic E-state index is 11.4. The molecule has 0 atom stereocenters. The van der Waals surface area contributed by atoms with Crippen molar-refractivity contribution in [3.8, 4) is 11.5 Å². The molecule has 0 saturated heterocycles. The van der Waals surface area contributed by atoms with Crippen LogP contribution in [0.2, 0.25) is 0 Å². The van der Waals surface area contributed by atoms with Gasteiger partial charge in [0, 0.05) is 0 Å². The van der Waals surface area contributed by atoms with E-state index in [-0.39, 0.29) is 0 Å². The van der Waals surface area contributed by atoms with E-state index in [1.165, 1.54) is 0 Å². The second-order valence-corrected chi connectivity index (χ2v) is 5.80. The van der Waals surface area contributed by atoms with Crippen LogP contribution in [0, 0.1) is 6.92 Å². The Hall–Kier alpha value is -3.07. The molecule has 0 unspecified atom stereocenters. The number of hydrogen-bond acceptors (Lipinski definition) is 3. The Balaban J connectivity index is 1.83. The Labute approximate surface area is 147 Å². The molecule has 3 aromatic rings. The summed E-state index contributed by atoms with van der Waals surface area (Å²) in [6.07, 6.45) is 0.801. The van der Waals surface area contributed by atoms with Gasteiger partial charge in [-0.15, -0.1) is 0 Å². The Kier molecular flexibility index (Phi) is 5.47. The second-order valence-electron chi connectivity index (χ2n) is 5.80. The number of benzene rings is 3. The molecule has 3 nitrogen and oxygen atoms in total. The fraction of sp³-hybridized carbons (Fsp3) is 0.136. The van der Waals surface area contributed by atoms with Crippen LogP contribution < -0.4 is 9.47 Å². The molecule has 25 heavy (non-hydrogen) atoms. The number of hydrogen-bond donors (Lipinski definition) is 0. The van der Waals surface area contributed by atoms with E-state index in [2.05, 4.69) is 0 Å². The van der Waals surface area contributed by atoms with Gasteiger partial charge >= 0.3 is 0 Å². The molecule has 0 bridgehead atoms. The molecule has 3 aromatic carbocycles. The predicted octanol–water partition coefficient (Wildman–Crippen LogP) is 4.97. The summed E-state index contributed by atoms with van der Waals surface area (Å²) in [7, 11) is 0. The van der Waals surface area contributed by atoms with E-state index < -0.39 is 0 Å². The monoisotopic (exact) mass is 332 g/mol. The topological polar surface area (TPSA) is 35.5 Å². The summed E-state index contributed by atoms with van der Waals surface area (Å²) in [5.41, 5.74) is 3.52. The van der Waals surface area contributed by atoms with Gasteiger partial charge in [-0.1, -0.05) is 66.7 Å². The van der Waals surface area contributed by atoms with Gasteiger partial charge in [0.05, 0.1) is 5.56 Å². The molecule has 0 heterocycles.